The molecule has 0 fully saturated rings. The second-order valence-corrected chi connectivity index (χ2v) is 9.78. The van der Waals surface area contributed by atoms with E-state index >= 15 is 0 Å². The summed E-state index contributed by atoms with van der Waals surface area (Å²) in [5, 5.41) is 22.5. The monoisotopic (exact) mass is 500 g/mol. The first kappa shape index (κ1) is 23.9. The second kappa shape index (κ2) is 10.8. The number of aromatic hydroxyl groups is 1. The number of phenolic OH excluding ortho intramolecular Hbond substituents is 1. The van der Waals surface area contributed by atoms with Crippen LogP contribution in [0.3, 0.4) is 0 Å². The van der Waals surface area contributed by atoms with Crippen molar-refractivity contribution in [1.82, 2.24) is 14.1 Å². The molecule has 0 bridgehead atoms. The van der Waals surface area contributed by atoms with Gasteiger partial charge in [0.1, 0.15) is 40.1 Å². The van der Waals surface area contributed by atoms with E-state index < -0.39 is 16.1 Å². The summed E-state index contributed by atoms with van der Waals surface area (Å²) in [5.74, 6) is 0.735. The van der Waals surface area contributed by atoms with E-state index in [0.29, 0.717) is 42.0 Å². The van der Waals surface area contributed by atoms with Crippen LogP contribution in [-0.4, -0.2) is 53.2 Å². The van der Waals surface area contributed by atoms with Crippen molar-refractivity contribution in [2.45, 2.75) is 17.4 Å². The van der Waals surface area contributed by atoms with Crippen LogP contribution in [0.25, 0.3) is 11.0 Å². The van der Waals surface area contributed by atoms with E-state index in [-0.39, 0.29) is 17.3 Å². The van der Waals surface area contributed by atoms with Gasteiger partial charge in [0.25, 0.3) is 10.0 Å². The smallest absolute Gasteiger partial charge is 0.264 e. The Morgan fingerprint density at radius 2 is 1.76 bits per heavy atom. The molecule has 0 radical (unpaired) electrons. The average molecular weight is 501 g/mol. The molecule has 1 atom stereocenters. The zero-order valence-electron chi connectivity index (χ0n) is 18.1. The Morgan fingerprint density at radius 1 is 1.00 bits per heavy atom. The van der Waals surface area contributed by atoms with Crippen LogP contribution in [0.1, 0.15) is 5.56 Å². The highest BCUT2D eigenvalue weighted by molar-refractivity contribution is 7.93. The molecule has 11 heteroatoms. The summed E-state index contributed by atoms with van der Waals surface area (Å²) in [7, 11) is -3.79. The van der Waals surface area contributed by atoms with Crippen molar-refractivity contribution in [3.05, 3.63) is 72.3 Å². The Hall–Kier alpha value is -3.25. The molecular formula is C23H24N4O5S2. The van der Waals surface area contributed by atoms with Gasteiger partial charge >= 0.3 is 0 Å². The molecule has 1 unspecified atom stereocenters. The lowest BCUT2D eigenvalue weighted by molar-refractivity contribution is 0.106. The topological polar surface area (TPSA) is 134 Å². The highest BCUT2D eigenvalue weighted by Gasteiger charge is 2.19. The zero-order chi connectivity index (χ0) is 24.0. The molecule has 178 valence electrons. The van der Waals surface area contributed by atoms with Gasteiger partial charge in [0.15, 0.2) is 0 Å². The molecule has 0 aliphatic carbocycles. The maximum absolute atomic E-state index is 12.8. The van der Waals surface area contributed by atoms with Gasteiger partial charge in [-0.3, -0.25) is 4.72 Å². The summed E-state index contributed by atoms with van der Waals surface area (Å²) in [4.78, 5) is 0.0972. The molecule has 4 N–H and O–H groups in total. The number of nitrogens with zero attached hydrogens (tertiary/aromatic N) is 2. The summed E-state index contributed by atoms with van der Waals surface area (Å²) >= 11 is 0.975. The van der Waals surface area contributed by atoms with Crippen molar-refractivity contribution in [3.63, 3.8) is 0 Å². The quantitative estimate of drug-likeness (QED) is 0.231. The van der Waals surface area contributed by atoms with Crippen LogP contribution in [0.4, 0.5) is 5.69 Å². The van der Waals surface area contributed by atoms with Gasteiger partial charge in [-0.1, -0.05) is 18.2 Å². The fourth-order valence-corrected chi connectivity index (χ4v) is 5.07. The lowest BCUT2D eigenvalue weighted by Crippen LogP contribution is -2.32. The molecule has 0 spiro atoms. The van der Waals surface area contributed by atoms with Gasteiger partial charge in [-0.15, -0.1) is 0 Å². The minimum atomic E-state index is -3.79. The maximum Gasteiger partial charge on any atom is 0.264 e. The molecule has 3 aromatic carbocycles. The van der Waals surface area contributed by atoms with Crippen LogP contribution in [0, 0.1) is 0 Å². The van der Waals surface area contributed by atoms with Gasteiger partial charge in [0.2, 0.25) is 0 Å². The molecule has 34 heavy (non-hydrogen) atoms. The maximum atomic E-state index is 12.8. The van der Waals surface area contributed by atoms with Crippen molar-refractivity contribution < 1.29 is 23.4 Å². The Balaban J connectivity index is 1.22. The number of hydrogen-bond donors (Lipinski definition) is 4. The van der Waals surface area contributed by atoms with E-state index in [4.69, 9.17) is 4.74 Å². The van der Waals surface area contributed by atoms with Gasteiger partial charge in [-0.25, -0.2) is 8.42 Å². The number of fused-ring (bicyclic) bond motifs is 1. The molecule has 4 aromatic rings. The lowest BCUT2D eigenvalue weighted by atomic mass is 10.1. The van der Waals surface area contributed by atoms with Gasteiger partial charge in [-0.05, 0) is 67.1 Å². The number of ether oxygens (including phenoxy) is 1. The number of aliphatic hydroxyl groups excluding tert-OH is 1. The van der Waals surface area contributed by atoms with Crippen molar-refractivity contribution in [1.29, 1.82) is 0 Å². The summed E-state index contributed by atoms with van der Waals surface area (Å²) in [5.41, 5.74) is 2.39. The third kappa shape index (κ3) is 6.20. The minimum Gasteiger partial charge on any atom is -0.508 e. The van der Waals surface area contributed by atoms with E-state index in [1.165, 1.54) is 18.2 Å². The fraction of sp³-hybridized carbons (Fsp3) is 0.217. The van der Waals surface area contributed by atoms with E-state index in [9.17, 15) is 18.6 Å². The summed E-state index contributed by atoms with van der Waals surface area (Å²) in [6.07, 6.45) is 0.0329. The molecule has 0 aliphatic rings. The number of aromatic nitrogens is 2. The average Bonchev–Trinajstić information content (AvgIpc) is 3.31. The van der Waals surface area contributed by atoms with Gasteiger partial charge < -0.3 is 20.3 Å². The van der Waals surface area contributed by atoms with Gasteiger partial charge in [0, 0.05) is 12.2 Å². The highest BCUT2D eigenvalue weighted by Crippen LogP contribution is 2.23. The van der Waals surface area contributed by atoms with Crippen molar-refractivity contribution in [2.24, 2.45) is 0 Å². The number of anilines is 1. The molecule has 0 amide bonds. The number of rotatable bonds is 11. The highest BCUT2D eigenvalue weighted by atomic mass is 32.2. The molecule has 0 aliphatic heterocycles. The fourth-order valence-electron chi connectivity index (χ4n) is 3.24. The number of phenols is 1. The van der Waals surface area contributed by atoms with Crippen LogP contribution in [0.5, 0.6) is 11.5 Å². The SMILES string of the molecule is O=S(=O)(Nc1ccc(CCNCC(O)COc2ccc(O)cc2)cc1)c1cccc2nsnc12. The van der Waals surface area contributed by atoms with Crippen molar-refractivity contribution in [2.75, 3.05) is 24.4 Å². The number of benzene rings is 3. The molecular weight excluding hydrogens is 476 g/mol. The van der Waals surface area contributed by atoms with E-state index in [2.05, 4.69) is 18.8 Å². The Bertz CT molecular complexity index is 1330. The van der Waals surface area contributed by atoms with Crippen LogP contribution in [0.2, 0.25) is 0 Å². The van der Waals surface area contributed by atoms with Crippen LogP contribution >= 0.6 is 11.7 Å². The summed E-state index contributed by atoms with van der Waals surface area (Å²) < 4.78 is 41.9. The number of hydrogen-bond acceptors (Lipinski definition) is 9. The Kier molecular flexibility index (Phi) is 7.58. The Labute approximate surface area is 201 Å². The van der Waals surface area contributed by atoms with Crippen molar-refractivity contribution in [3.8, 4) is 11.5 Å². The largest absolute Gasteiger partial charge is 0.508 e. The molecule has 9 nitrogen and oxygen atoms in total. The molecule has 1 aromatic heterocycles. The first-order chi connectivity index (χ1) is 16.4. The van der Waals surface area contributed by atoms with Gasteiger partial charge in [-0.2, -0.15) is 8.75 Å². The Morgan fingerprint density at radius 3 is 2.53 bits per heavy atom. The van der Waals surface area contributed by atoms with Crippen LogP contribution in [-0.2, 0) is 16.4 Å². The summed E-state index contributed by atoms with van der Waals surface area (Å²) in [6, 6.07) is 18.3. The number of sulfonamides is 1. The third-order valence-corrected chi connectivity index (χ3v) is 6.95. The zero-order valence-corrected chi connectivity index (χ0v) is 19.7. The first-order valence-electron chi connectivity index (χ1n) is 10.5. The van der Waals surface area contributed by atoms with Gasteiger partial charge in [0.05, 0.1) is 11.7 Å². The van der Waals surface area contributed by atoms with Crippen LogP contribution < -0.4 is 14.8 Å². The first-order valence-corrected chi connectivity index (χ1v) is 12.8. The minimum absolute atomic E-state index is 0.0972. The van der Waals surface area contributed by atoms with Crippen molar-refractivity contribution >= 4 is 38.5 Å². The third-order valence-electron chi connectivity index (χ3n) is 4.99. The lowest BCUT2D eigenvalue weighted by Gasteiger charge is -2.13. The van der Waals surface area contributed by atoms with E-state index in [1.807, 2.05) is 12.1 Å². The number of nitrogens with one attached hydrogen (secondary N) is 2. The van der Waals surface area contributed by atoms with E-state index in [1.54, 1.807) is 36.4 Å². The molecule has 1 heterocycles. The molecule has 0 saturated carbocycles. The number of aliphatic hydroxyl groups is 1. The predicted molar refractivity (Wildman–Crippen MR) is 131 cm³/mol. The normalized spacial score (nSPS) is 12.5. The molecule has 4 rings (SSSR count). The summed E-state index contributed by atoms with van der Waals surface area (Å²) in [6.45, 7) is 1.14. The molecule has 0 saturated heterocycles. The predicted octanol–water partition coefficient (Wildman–Crippen LogP) is 2.77. The standard InChI is InChI=1S/C23H24N4O5S2/c28-18-8-10-20(11-9-18)32-15-19(29)14-24-13-12-16-4-6-17(7-5-16)27-34(30,31)22-3-1-2-21-23(22)26-33-25-21/h1-11,19,24,27-29H,12-15H2. The van der Waals surface area contributed by atoms with Crippen LogP contribution in [0.15, 0.2) is 71.6 Å². The second-order valence-electron chi connectivity index (χ2n) is 7.60. The van der Waals surface area contributed by atoms with E-state index in [0.717, 1.165) is 17.3 Å².